The SMILES string of the molecule is CCNc1ncc(S(=O)(=O)N2CC(C)C(C)C2)cn1. The lowest BCUT2D eigenvalue weighted by atomic mass is 10.0. The zero-order valence-corrected chi connectivity index (χ0v) is 12.3. The number of rotatable bonds is 4. The van der Waals surface area contributed by atoms with Crippen molar-refractivity contribution in [1.82, 2.24) is 14.3 Å². The third-order valence-corrected chi connectivity index (χ3v) is 5.34. The fraction of sp³-hybridized carbons (Fsp3) is 0.667. The van der Waals surface area contributed by atoms with Gasteiger partial charge in [-0.3, -0.25) is 0 Å². The second kappa shape index (κ2) is 5.42. The van der Waals surface area contributed by atoms with Crippen molar-refractivity contribution >= 4 is 16.0 Å². The molecule has 106 valence electrons. The summed E-state index contributed by atoms with van der Waals surface area (Å²) in [5.41, 5.74) is 0. The van der Waals surface area contributed by atoms with Crippen LogP contribution in [0, 0.1) is 11.8 Å². The van der Waals surface area contributed by atoms with E-state index in [2.05, 4.69) is 29.1 Å². The van der Waals surface area contributed by atoms with E-state index in [4.69, 9.17) is 0 Å². The number of aromatic nitrogens is 2. The van der Waals surface area contributed by atoms with Crippen LogP contribution in [0.1, 0.15) is 20.8 Å². The Bertz CT molecular complexity index is 519. The molecule has 0 aromatic carbocycles. The highest BCUT2D eigenvalue weighted by atomic mass is 32.2. The fourth-order valence-corrected chi connectivity index (χ4v) is 3.65. The molecule has 0 aliphatic carbocycles. The van der Waals surface area contributed by atoms with Gasteiger partial charge in [0.05, 0.1) is 12.4 Å². The van der Waals surface area contributed by atoms with Gasteiger partial charge in [0.1, 0.15) is 4.90 Å². The minimum atomic E-state index is -3.46. The van der Waals surface area contributed by atoms with Crippen molar-refractivity contribution < 1.29 is 8.42 Å². The first-order chi connectivity index (χ1) is 8.95. The van der Waals surface area contributed by atoms with Crippen molar-refractivity contribution in [3.05, 3.63) is 12.4 Å². The van der Waals surface area contributed by atoms with Crippen LogP contribution in [-0.2, 0) is 10.0 Å². The lowest BCUT2D eigenvalue weighted by Crippen LogP contribution is -2.29. The Balaban J connectivity index is 2.20. The van der Waals surface area contributed by atoms with Crippen molar-refractivity contribution in [3.63, 3.8) is 0 Å². The van der Waals surface area contributed by atoms with Gasteiger partial charge in [0.2, 0.25) is 16.0 Å². The van der Waals surface area contributed by atoms with E-state index < -0.39 is 10.0 Å². The molecule has 1 saturated heterocycles. The summed E-state index contributed by atoms with van der Waals surface area (Å²) in [4.78, 5) is 8.19. The maximum absolute atomic E-state index is 12.4. The van der Waals surface area contributed by atoms with E-state index >= 15 is 0 Å². The van der Waals surface area contributed by atoms with E-state index in [0.29, 0.717) is 37.4 Å². The number of hydrogen-bond acceptors (Lipinski definition) is 5. The molecular weight excluding hydrogens is 264 g/mol. The molecular formula is C12H20N4O2S. The summed E-state index contributed by atoms with van der Waals surface area (Å²) in [5.74, 6) is 1.22. The monoisotopic (exact) mass is 284 g/mol. The number of anilines is 1. The Morgan fingerprint density at radius 3 is 2.26 bits per heavy atom. The average molecular weight is 284 g/mol. The second-order valence-corrected chi connectivity index (χ2v) is 6.99. The van der Waals surface area contributed by atoms with E-state index in [1.165, 1.54) is 16.7 Å². The fourth-order valence-electron chi connectivity index (χ4n) is 2.12. The molecule has 0 spiro atoms. The summed E-state index contributed by atoms with van der Waals surface area (Å²) in [6, 6.07) is 0. The normalized spacial score (nSPS) is 24.6. The molecule has 2 atom stereocenters. The van der Waals surface area contributed by atoms with Crippen molar-refractivity contribution in [2.24, 2.45) is 11.8 Å². The number of nitrogens with one attached hydrogen (secondary N) is 1. The molecule has 2 heterocycles. The molecule has 1 aromatic rings. The quantitative estimate of drug-likeness (QED) is 0.898. The van der Waals surface area contributed by atoms with Gasteiger partial charge in [0.25, 0.3) is 0 Å². The Kier molecular flexibility index (Phi) is 4.05. The Morgan fingerprint density at radius 1 is 1.26 bits per heavy atom. The molecule has 0 saturated carbocycles. The van der Waals surface area contributed by atoms with Crippen LogP contribution in [0.3, 0.4) is 0 Å². The van der Waals surface area contributed by atoms with Gasteiger partial charge in [0.15, 0.2) is 0 Å². The highest BCUT2D eigenvalue weighted by Crippen LogP contribution is 2.27. The van der Waals surface area contributed by atoms with Crippen molar-refractivity contribution in [2.75, 3.05) is 25.0 Å². The summed E-state index contributed by atoms with van der Waals surface area (Å²) < 4.78 is 26.4. The largest absolute Gasteiger partial charge is 0.355 e. The Labute approximate surface area is 114 Å². The van der Waals surface area contributed by atoms with Crippen LogP contribution < -0.4 is 5.32 Å². The minimum Gasteiger partial charge on any atom is -0.355 e. The first-order valence-electron chi connectivity index (χ1n) is 6.51. The maximum atomic E-state index is 12.4. The molecule has 0 amide bonds. The highest BCUT2D eigenvalue weighted by Gasteiger charge is 2.35. The van der Waals surface area contributed by atoms with E-state index in [1.807, 2.05) is 6.92 Å². The van der Waals surface area contributed by atoms with E-state index in [1.54, 1.807) is 0 Å². The zero-order valence-electron chi connectivity index (χ0n) is 11.5. The van der Waals surface area contributed by atoms with Crippen LogP contribution in [0.25, 0.3) is 0 Å². The molecule has 1 N–H and O–H groups in total. The van der Waals surface area contributed by atoms with Crippen LogP contribution in [0.2, 0.25) is 0 Å². The van der Waals surface area contributed by atoms with Crippen molar-refractivity contribution in [3.8, 4) is 0 Å². The highest BCUT2D eigenvalue weighted by molar-refractivity contribution is 7.89. The van der Waals surface area contributed by atoms with Gasteiger partial charge in [-0.15, -0.1) is 0 Å². The lowest BCUT2D eigenvalue weighted by Gasteiger charge is -2.15. The molecule has 1 aliphatic heterocycles. The van der Waals surface area contributed by atoms with Crippen LogP contribution in [0.15, 0.2) is 17.3 Å². The topological polar surface area (TPSA) is 75.2 Å². The standard InChI is InChI=1S/C12H20N4O2S/c1-4-13-12-14-5-11(6-15-12)19(17,18)16-7-9(2)10(3)8-16/h5-6,9-10H,4,7-8H2,1-3H3,(H,13,14,15). The van der Waals surface area contributed by atoms with Gasteiger partial charge < -0.3 is 5.32 Å². The summed E-state index contributed by atoms with van der Waals surface area (Å²) >= 11 is 0. The van der Waals surface area contributed by atoms with Gasteiger partial charge >= 0.3 is 0 Å². The van der Waals surface area contributed by atoms with Gasteiger partial charge in [-0.2, -0.15) is 4.31 Å². The Morgan fingerprint density at radius 2 is 1.79 bits per heavy atom. The zero-order chi connectivity index (χ0) is 14.0. The molecule has 2 rings (SSSR count). The summed E-state index contributed by atoms with van der Waals surface area (Å²) in [6.07, 6.45) is 2.74. The predicted octanol–water partition coefficient (Wildman–Crippen LogP) is 1.18. The molecule has 1 aromatic heterocycles. The van der Waals surface area contributed by atoms with Crippen molar-refractivity contribution in [1.29, 1.82) is 0 Å². The van der Waals surface area contributed by atoms with E-state index in [0.717, 1.165) is 0 Å². The van der Waals surface area contributed by atoms with Crippen LogP contribution in [-0.4, -0.2) is 42.3 Å². The summed E-state index contributed by atoms with van der Waals surface area (Å²) in [6.45, 7) is 7.92. The molecule has 1 fully saturated rings. The van der Waals surface area contributed by atoms with E-state index in [9.17, 15) is 8.42 Å². The molecule has 0 bridgehead atoms. The smallest absolute Gasteiger partial charge is 0.246 e. The predicted molar refractivity (Wildman–Crippen MR) is 73.3 cm³/mol. The molecule has 7 heteroatoms. The van der Waals surface area contributed by atoms with Gasteiger partial charge in [-0.05, 0) is 18.8 Å². The molecule has 6 nitrogen and oxygen atoms in total. The molecule has 2 unspecified atom stereocenters. The first kappa shape index (κ1) is 14.2. The second-order valence-electron chi connectivity index (χ2n) is 5.05. The third kappa shape index (κ3) is 2.87. The third-order valence-electron chi connectivity index (χ3n) is 3.56. The van der Waals surface area contributed by atoms with Gasteiger partial charge in [-0.25, -0.2) is 18.4 Å². The number of sulfonamides is 1. The lowest BCUT2D eigenvalue weighted by molar-refractivity contribution is 0.462. The molecule has 1 aliphatic rings. The molecule has 0 radical (unpaired) electrons. The Hall–Kier alpha value is -1.21. The van der Waals surface area contributed by atoms with Gasteiger partial charge in [0, 0.05) is 19.6 Å². The van der Waals surface area contributed by atoms with Crippen LogP contribution in [0.5, 0.6) is 0 Å². The first-order valence-corrected chi connectivity index (χ1v) is 7.95. The molecule has 19 heavy (non-hydrogen) atoms. The summed E-state index contributed by atoms with van der Waals surface area (Å²) in [7, 11) is -3.46. The average Bonchev–Trinajstić information content (AvgIpc) is 2.71. The number of hydrogen-bond donors (Lipinski definition) is 1. The summed E-state index contributed by atoms with van der Waals surface area (Å²) in [5, 5.41) is 2.94. The number of nitrogens with zero attached hydrogens (tertiary/aromatic N) is 3. The van der Waals surface area contributed by atoms with Crippen LogP contribution in [0.4, 0.5) is 5.95 Å². The van der Waals surface area contributed by atoms with E-state index in [-0.39, 0.29) is 4.90 Å². The maximum Gasteiger partial charge on any atom is 0.246 e. The van der Waals surface area contributed by atoms with Gasteiger partial charge in [-0.1, -0.05) is 13.8 Å². The minimum absolute atomic E-state index is 0.162. The van der Waals surface area contributed by atoms with Crippen molar-refractivity contribution in [2.45, 2.75) is 25.7 Å². The van der Waals surface area contributed by atoms with Crippen LogP contribution >= 0.6 is 0 Å².